The number of ether oxygens (including phenoxy) is 1. The Balaban J connectivity index is 2.00. The lowest BCUT2D eigenvalue weighted by molar-refractivity contribution is -0.121. The summed E-state index contributed by atoms with van der Waals surface area (Å²) in [5.41, 5.74) is 1.07. The average molecular weight is 330 g/mol. The Morgan fingerprint density at radius 1 is 1.09 bits per heavy atom. The molecule has 0 N–H and O–H groups in total. The zero-order valence-electron chi connectivity index (χ0n) is 12.4. The van der Waals surface area contributed by atoms with Crippen LogP contribution in [0.15, 0.2) is 67.3 Å². The van der Waals surface area contributed by atoms with Gasteiger partial charge in [0.15, 0.2) is 6.61 Å². The van der Waals surface area contributed by atoms with Gasteiger partial charge in [0.2, 0.25) is 0 Å². The van der Waals surface area contributed by atoms with Crippen molar-refractivity contribution in [3.8, 4) is 0 Å². The molecule has 118 valence electrons. The third kappa shape index (κ3) is 4.69. The molecule has 0 aliphatic heterocycles. The molecule has 0 fully saturated rings. The molecule has 0 bridgehead atoms. The summed E-state index contributed by atoms with van der Waals surface area (Å²) < 4.78 is 5.07. The van der Waals surface area contributed by atoms with Crippen LogP contribution in [0.5, 0.6) is 0 Å². The first-order chi connectivity index (χ1) is 11.1. The van der Waals surface area contributed by atoms with Gasteiger partial charge in [-0.2, -0.15) is 0 Å². The maximum atomic E-state index is 12.3. The molecule has 0 saturated heterocycles. The van der Waals surface area contributed by atoms with Crippen LogP contribution < -0.4 is 4.90 Å². The fourth-order valence-corrected chi connectivity index (χ4v) is 2.09. The highest BCUT2D eigenvalue weighted by Gasteiger charge is 2.17. The number of hydrogen-bond donors (Lipinski definition) is 0. The van der Waals surface area contributed by atoms with Gasteiger partial charge >= 0.3 is 5.97 Å². The molecule has 23 heavy (non-hydrogen) atoms. The minimum atomic E-state index is -0.568. The topological polar surface area (TPSA) is 46.6 Å². The van der Waals surface area contributed by atoms with E-state index in [1.165, 1.54) is 4.90 Å². The first kappa shape index (κ1) is 16.8. The van der Waals surface area contributed by atoms with Crippen LogP contribution in [0.25, 0.3) is 0 Å². The van der Waals surface area contributed by atoms with E-state index in [2.05, 4.69) is 6.58 Å². The van der Waals surface area contributed by atoms with Crippen molar-refractivity contribution in [2.45, 2.75) is 0 Å². The van der Waals surface area contributed by atoms with Gasteiger partial charge in [-0.3, -0.25) is 4.79 Å². The Morgan fingerprint density at radius 2 is 1.74 bits per heavy atom. The minimum absolute atomic E-state index is 0.321. The summed E-state index contributed by atoms with van der Waals surface area (Å²) in [5, 5.41) is 0.527. The van der Waals surface area contributed by atoms with Crippen molar-refractivity contribution < 1.29 is 14.3 Å². The molecule has 0 radical (unpaired) electrons. The SMILES string of the molecule is C=CCN(C(=O)COC(=O)c1ccc(Cl)cc1)c1ccccc1. The molecule has 0 aliphatic carbocycles. The molecule has 0 heterocycles. The normalized spacial score (nSPS) is 9.96. The van der Waals surface area contributed by atoms with E-state index < -0.39 is 5.97 Å². The number of benzene rings is 2. The van der Waals surface area contributed by atoms with E-state index in [0.717, 1.165) is 5.69 Å². The number of nitrogens with zero attached hydrogens (tertiary/aromatic N) is 1. The summed E-state index contributed by atoms with van der Waals surface area (Å²) in [4.78, 5) is 25.7. The summed E-state index contributed by atoms with van der Waals surface area (Å²) >= 11 is 5.77. The van der Waals surface area contributed by atoms with E-state index in [1.807, 2.05) is 30.3 Å². The lowest BCUT2D eigenvalue weighted by Crippen LogP contribution is -2.34. The number of anilines is 1. The zero-order valence-corrected chi connectivity index (χ0v) is 13.2. The standard InChI is InChI=1S/C18H16ClNO3/c1-2-12-20(16-6-4-3-5-7-16)17(21)13-23-18(22)14-8-10-15(19)11-9-14/h2-11H,1,12-13H2. The number of rotatable bonds is 6. The van der Waals surface area contributed by atoms with Crippen molar-refractivity contribution >= 4 is 29.2 Å². The molecule has 2 rings (SSSR count). The Kier molecular flexibility index (Phi) is 5.94. The van der Waals surface area contributed by atoms with Crippen LogP contribution >= 0.6 is 11.6 Å². The van der Waals surface area contributed by atoms with Gasteiger partial charge in [-0.1, -0.05) is 35.9 Å². The number of esters is 1. The number of carbonyl (C=O) groups is 2. The van der Waals surface area contributed by atoms with Crippen molar-refractivity contribution in [1.82, 2.24) is 0 Å². The molecule has 1 amide bonds. The van der Waals surface area contributed by atoms with E-state index in [0.29, 0.717) is 17.1 Å². The van der Waals surface area contributed by atoms with Gasteiger partial charge in [-0.15, -0.1) is 6.58 Å². The first-order valence-electron chi connectivity index (χ1n) is 7.01. The molecular formula is C18H16ClNO3. The van der Waals surface area contributed by atoms with E-state index >= 15 is 0 Å². The fourth-order valence-electron chi connectivity index (χ4n) is 1.96. The molecule has 0 unspecified atom stereocenters. The maximum Gasteiger partial charge on any atom is 0.338 e. The Bertz CT molecular complexity index is 683. The molecule has 4 nitrogen and oxygen atoms in total. The quantitative estimate of drug-likeness (QED) is 0.599. The zero-order chi connectivity index (χ0) is 16.7. The van der Waals surface area contributed by atoms with Gasteiger partial charge in [0.25, 0.3) is 5.91 Å². The second kappa shape index (κ2) is 8.15. The van der Waals surface area contributed by atoms with Gasteiger partial charge < -0.3 is 9.64 Å². The van der Waals surface area contributed by atoms with Crippen LogP contribution in [0.1, 0.15) is 10.4 Å². The molecule has 5 heteroatoms. The molecule has 0 spiro atoms. The molecule has 0 atom stereocenters. The maximum absolute atomic E-state index is 12.3. The summed E-state index contributed by atoms with van der Waals surface area (Å²) in [6, 6.07) is 15.4. The van der Waals surface area contributed by atoms with Crippen LogP contribution in [-0.2, 0) is 9.53 Å². The third-order valence-electron chi connectivity index (χ3n) is 3.09. The summed E-state index contributed by atoms with van der Waals surface area (Å²) in [7, 11) is 0. The van der Waals surface area contributed by atoms with Crippen LogP contribution in [0.4, 0.5) is 5.69 Å². The van der Waals surface area contributed by atoms with E-state index in [1.54, 1.807) is 30.3 Å². The second-order valence-corrected chi connectivity index (χ2v) is 5.15. The summed E-state index contributed by atoms with van der Waals surface area (Å²) in [6.45, 7) is 3.64. The number of hydrogen-bond acceptors (Lipinski definition) is 3. The first-order valence-corrected chi connectivity index (χ1v) is 7.38. The number of carbonyl (C=O) groups excluding carboxylic acids is 2. The van der Waals surface area contributed by atoms with Crippen molar-refractivity contribution in [2.75, 3.05) is 18.1 Å². The van der Waals surface area contributed by atoms with Crippen molar-refractivity contribution in [2.24, 2.45) is 0 Å². The molecule has 2 aromatic carbocycles. The smallest absolute Gasteiger partial charge is 0.338 e. The largest absolute Gasteiger partial charge is 0.452 e. The fraction of sp³-hybridized carbons (Fsp3) is 0.111. The average Bonchev–Trinajstić information content (AvgIpc) is 2.58. The number of halogens is 1. The van der Waals surface area contributed by atoms with Gasteiger partial charge in [-0.25, -0.2) is 4.79 Å². The van der Waals surface area contributed by atoms with E-state index in [4.69, 9.17) is 16.3 Å². The van der Waals surface area contributed by atoms with E-state index in [9.17, 15) is 9.59 Å². The van der Waals surface area contributed by atoms with Crippen LogP contribution in [0, 0.1) is 0 Å². The Hall–Kier alpha value is -2.59. The Morgan fingerprint density at radius 3 is 2.35 bits per heavy atom. The summed E-state index contributed by atoms with van der Waals surface area (Å²) in [5.74, 6) is -0.889. The highest BCUT2D eigenvalue weighted by Crippen LogP contribution is 2.14. The lowest BCUT2D eigenvalue weighted by atomic mass is 10.2. The minimum Gasteiger partial charge on any atom is -0.452 e. The van der Waals surface area contributed by atoms with Crippen LogP contribution in [-0.4, -0.2) is 25.0 Å². The highest BCUT2D eigenvalue weighted by molar-refractivity contribution is 6.30. The monoisotopic (exact) mass is 329 g/mol. The Labute approximate surface area is 139 Å². The lowest BCUT2D eigenvalue weighted by Gasteiger charge is -2.21. The van der Waals surface area contributed by atoms with Gasteiger partial charge in [0.05, 0.1) is 5.56 Å². The van der Waals surface area contributed by atoms with Gasteiger partial charge in [-0.05, 0) is 36.4 Å². The van der Waals surface area contributed by atoms with Gasteiger partial charge in [0.1, 0.15) is 0 Å². The predicted molar refractivity (Wildman–Crippen MR) is 90.7 cm³/mol. The van der Waals surface area contributed by atoms with Crippen molar-refractivity contribution in [3.63, 3.8) is 0 Å². The molecule has 0 saturated carbocycles. The number of para-hydroxylation sites is 1. The molecule has 0 aromatic heterocycles. The summed E-state index contributed by atoms with van der Waals surface area (Å²) in [6.07, 6.45) is 1.62. The van der Waals surface area contributed by atoms with Crippen LogP contribution in [0.3, 0.4) is 0 Å². The van der Waals surface area contributed by atoms with E-state index in [-0.39, 0.29) is 12.5 Å². The third-order valence-corrected chi connectivity index (χ3v) is 3.34. The van der Waals surface area contributed by atoms with Crippen molar-refractivity contribution in [3.05, 3.63) is 77.8 Å². The second-order valence-electron chi connectivity index (χ2n) is 4.71. The predicted octanol–water partition coefficient (Wildman–Crippen LogP) is 3.72. The van der Waals surface area contributed by atoms with Crippen LogP contribution in [0.2, 0.25) is 5.02 Å². The molecule has 2 aromatic rings. The highest BCUT2D eigenvalue weighted by atomic mass is 35.5. The number of amides is 1. The van der Waals surface area contributed by atoms with Gasteiger partial charge in [0, 0.05) is 17.3 Å². The molecule has 0 aliphatic rings. The van der Waals surface area contributed by atoms with Crippen molar-refractivity contribution in [1.29, 1.82) is 0 Å². The molecular weight excluding hydrogens is 314 g/mol.